The topological polar surface area (TPSA) is 132 Å². The van der Waals surface area contributed by atoms with Gasteiger partial charge in [0.2, 0.25) is 0 Å². The van der Waals surface area contributed by atoms with Crippen molar-refractivity contribution in [2.45, 2.75) is 32.4 Å². The molecule has 1 saturated heterocycles. The molecule has 0 aliphatic carbocycles. The van der Waals surface area contributed by atoms with E-state index in [-0.39, 0.29) is 39.6 Å². The molecule has 0 bridgehead atoms. The Bertz CT molecular complexity index is 1620. The number of thiazole rings is 1. The van der Waals surface area contributed by atoms with Gasteiger partial charge in [0.15, 0.2) is 5.13 Å². The van der Waals surface area contributed by atoms with E-state index in [1.807, 2.05) is 6.92 Å². The van der Waals surface area contributed by atoms with E-state index in [0.29, 0.717) is 29.0 Å². The Morgan fingerprint density at radius 2 is 1.88 bits per heavy atom. The number of hydrogen-bond acceptors (Lipinski definition) is 10. The maximum atomic E-state index is 13.5. The molecule has 3 heterocycles. The summed E-state index contributed by atoms with van der Waals surface area (Å²) in [6.45, 7) is 7.05. The molecule has 0 spiro atoms. The summed E-state index contributed by atoms with van der Waals surface area (Å²) < 4.78 is 15.7. The predicted octanol–water partition coefficient (Wildman–Crippen LogP) is 4.53. The van der Waals surface area contributed by atoms with E-state index >= 15 is 0 Å². The fraction of sp³-hybridized carbons (Fsp3) is 0.233. The molecule has 0 saturated carbocycles. The van der Waals surface area contributed by atoms with Crippen molar-refractivity contribution in [1.29, 1.82) is 0 Å². The number of fused-ring (bicyclic) bond motifs is 1. The molecule has 0 unspecified atom stereocenters. The fourth-order valence-corrected chi connectivity index (χ4v) is 5.85. The summed E-state index contributed by atoms with van der Waals surface area (Å²) in [7, 11) is 1.26. The molecular formula is C30H26N2O8S. The number of aromatic nitrogens is 1. The monoisotopic (exact) mass is 574 g/mol. The number of benzene rings is 2. The Labute approximate surface area is 239 Å². The van der Waals surface area contributed by atoms with Gasteiger partial charge in [-0.2, -0.15) is 0 Å². The number of rotatable bonds is 7. The van der Waals surface area contributed by atoms with Gasteiger partial charge >= 0.3 is 17.8 Å². The molecule has 1 N–H and O–H groups in total. The molecule has 2 aromatic carbocycles. The minimum atomic E-state index is -1.10. The molecule has 11 heteroatoms. The van der Waals surface area contributed by atoms with Gasteiger partial charge in [0.25, 0.3) is 5.78 Å². The van der Waals surface area contributed by atoms with Crippen LogP contribution >= 0.6 is 11.3 Å². The molecule has 2 atom stereocenters. The highest BCUT2D eigenvalue weighted by molar-refractivity contribution is 7.17. The Morgan fingerprint density at radius 3 is 2.56 bits per heavy atom. The van der Waals surface area contributed by atoms with Gasteiger partial charge in [-0.1, -0.05) is 36.1 Å². The molecule has 10 nitrogen and oxygen atoms in total. The van der Waals surface area contributed by atoms with E-state index < -0.39 is 29.7 Å². The first-order valence-corrected chi connectivity index (χ1v) is 13.5. The van der Waals surface area contributed by atoms with Crippen molar-refractivity contribution >= 4 is 45.9 Å². The second kappa shape index (κ2) is 11.0. The van der Waals surface area contributed by atoms with E-state index in [4.69, 9.17) is 14.2 Å². The predicted molar refractivity (Wildman–Crippen MR) is 150 cm³/mol. The number of esters is 2. The first-order chi connectivity index (χ1) is 19.6. The van der Waals surface area contributed by atoms with Crippen LogP contribution < -0.4 is 9.64 Å². The van der Waals surface area contributed by atoms with Crippen LogP contribution in [0.15, 0.2) is 60.7 Å². The SMILES string of the molecule is C=CCOC(=O)c1sc(N2C(=O)C(=O)/C(=C(/O)c3ccc4c(c3)C[C@@H](C)O4)[C@H]2c2ccc(C(=O)OC)cc2)nc1C. The summed E-state index contributed by atoms with van der Waals surface area (Å²) in [5.41, 5.74) is 2.07. The molecular weight excluding hydrogens is 548 g/mol. The van der Waals surface area contributed by atoms with Gasteiger partial charge in [-0.15, -0.1) is 0 Å². The number of aliphatic hydroxyl groups excluding tert-OH is 1. The molecule has 3 aromatic rings. The van der Waals surface area contributed by atoms with E-state index in [1.54, 1.807) is 37.3 Å². The van der Waals surface area contributed by atoms with Crippen LogP contribution in [-0.2, 0) is 25.5 Å². The summed E-state index contributed by atoms with van der Waals surface area (Å²) >= 11 is 0.895. The second-order valence-corrected chi connectivity index (χ2v) is 10.5. The summed E-state index contributed by atoms with van der Waals surface area (Å²) in [4.78, 5) is 57.4. The zero-order valence-electron chi connectivity index (χ0n) is 22.5. The average Bonchev–Trinajstić information content (AvgIpc) is 3.62. The Kier molecular flexibility index (Phi) is 7.46. The van der Waals surface area contributed by atoms with Crippen LogP contribution in [0.5, 0.6) is 5.75 Å². The first-order valence-electron chi connectivity index (χ1n) is 12.7. The fourth-order valence-electron chi connectivity index (χ4n) is 4.86. The van der Waals surface area contributed by atoms with Crippen molar-refractivity contribution in [2.75, 3.05) is 18.6 Å². The maximum absolute atomic E-state index is 13.5. The number of Topliss-reactive ketones (excluding diaryl/α,β-unsaturated/α-hetero) is 1. The minimum absolute atomic E-state index is 0.00679. The standard InChI is InChI=1S/C30H26N2O8S/c1-5-12-39-29(37)26-16(3)31-30(41-26)32-23(17-6-8-18(9-7-17)28(36)38-4)22(25(34)27(32)35)24(33)19-10-11-21-20(14-19)13-15(2)40-21/h5-11,14-15,23,33H,1,12-13H2,2-4H3/b24-22+/t15-,23-/m1/s1. The maximum Gasteiger partial charge on any atom is 0.350 e. The number of aryl methyl sites for hydroxylation is 1. The number of methoxy groups -OCH3 is 1. The number of carbonyl (C=O) groups excluding carboxylic acids is 4. The lowest BCUT2D eigenvalue weighted by Gasteiger charge is -2.23. The van der Waals surface area contributed by atoms with Crippen LogP contribution in [-0.4, -0.2) is 53.5 Å². The van der Waals surface area contributed by atoms with E-state index in [9.17, 15) is 24.3 Å². The van der Waals surface area contributed by atoms with Gasteiger partial charge in [-0.25, -0.2) is 14.6 Å². The number of anilines is 1. The smallest absolute Gasteiger partial charge is 0.350 e. The number of carbonyl (C=O) groups is 4. The Hall–Kier alpha value is -4.77. The van der Waals surface area contributed by atoms with Gasteiger partial charge in [-0.3, -0.25) is 14.5 Å². The molecule has 1 amide bonds. The minimum Gasteiger partial charge on any atom is -0.507 e. The van der Waals surface area contributed by atoms with Crippen LogP contribution in [0.25, 0.3) is 5.76 Å². The van der Waals surface area contributed by atoms with E-state index in [0.717, 1.165) is 21.8 Å². The van der Waals surface area contributed by atoms with Crippen molar-refractivity contribution in [3.63, 3.8) is 0 Å². The van der Waals surface area contributed by atoms with Gasteiger partial charge in [0.05, 0.1) is 30.0 Å². The molecule has 210 valence electrons. The molecule has 1 fully saturated rings. The summed E-state index contributed by atoms with van der Waals surface area (Å²) in [6, 6.07) is 10.1. The molecule has 2 aliphatic heterocycles. The van der Waals surface area contributed by atoms with Crippen molar-refractivity contribution < 1.29 is 38.5 Å². The van der Waals surface area contributed by atoms with Crippen molar-refractivity contribution in [1.82, 2.24) is 4.98 Å². The lowest BCUT2D eigenvalue weighted by molar-refractivity contribution is -0.132. The van der Waals surface area contributed by atoms with Crippen molar-refractivity contribution in [3.8, 4) is 5.75 Å². The van der Waals surface area contributed by atoms with Gasteiger partial charge in [0.1, 0.15) is 29.1 Å². The molecule has 0 radical (unpaired) electrons. The first kappa shape index (κ1) is 27.8. The lowest BCUT2D eigenvalue weighted by Crippen LogP contribution is -2.29. The summed E-state index contributed by atoms with van der Waals surface area (Å²) in [6.07, 6.45) is 2.03. The normalized spacial score (nSPS) is 19.0. The molecule has 1 aromatic heterocycles. The Balaban J connectivity index is 1.65. The quantitative estimate of drug-likeness (QED) is 0.142. The highest BCUT2D eigenvalue weighted by atomic mass is 32.1. The zero-order chi connectivity index (χ0) is 29.4. The summed E-state index contributed by atoms with van der Waals surface area (Å²) in [5, 5.41) is 11.6. The van der Waals surface area contributed by atoms with E-state index in [1.165, 1.54) is 25.3 Å². The number of amides is 1. The summed E-state index contributed by atoms with van der Waals surface area (Å²) in [5.74, 6) is -2.72. The molecule has 41 heavy (non-hydrogen) atoms. The Morgan fingerprint density at radius 1 is 1.17 bits per heavy atom. The highest BCUT2D eigenvalue weighted by Crippen LogP contribution is 2.44. The van der Waals surface area contributed by atoms with Crippen LogP contribution in [0.3, 0.4) is 0 Å². The van der Waals surface area contributed by atoms with Crippen molar-refractivity contribution in [2.24, 2.45) is 0 Å². The molecule has 5 rings (SSSR count). The van der Waals surface area contributed by atoms with Crippen molar-refractivity contribution in [3.05, 3.63) is 93.5 Å². The highest BCUT2D eigenvalue weighted by Gasteiger charge is 2.48. The number of nitrogens with zero attached hydrogens (tertiary/aromatic N) is 2. The van der Waals surface area contributed by atoms with Crippen LogP contribution in [0, 0.1) is 6.92 Å². The average molecular weight is 575 g/mol. The van der Waals surface area contributed by atoms with Crippen LogP contribution in [0.2, 0.25) is 0 Å². The number of ether oxygens (including phenoxy) is 3. The molecule has 2 aliphatic rings. The van der Waals surface area contributed by atoms with Crippen LogP contribution in [0.4, 0.5) is 5.13 Å². The van der Waals surface area contributed by atoms with E-state index in [2.05, 4.69) is 11.6 Å². The van der Waals surface area contributed by atoms with Crippen LogP contribution in [0.1, 0.15) is 55.4 Å². The third kappa shape index (κ3) is 5.00. The second-order valence-electron chi connectivity index (χ2n) is 9.54. The third-order valence-electron chi connectivity index (χ3n) is 6.77. The number of hydrogen-bond donors (Lipinski definition) is 1. The third-order valence-corrected chi connectivity index (χ3v) is 7.91. The van der Waals surface area contributed by atoms with Gasteiger partial charge in [0, 0.05) is 12.0 Å². The largest absolute Gasteiger partial charge is 0.507 e. The van der Waals surface area contributed by atoms with Gasteiger partial charge < -0.3 is 19.3 Å². The number of aliphatic hydroxyl groups is 1. The lowest BCUT2D eigenvalue weighted by atomic mass is 9.94. The number of ketones is 1. The zero-order valence-corrected chi connectivity index (χ0v) is 23.3. The van der Waals surface area contributed by atoms with Gasteiger partial charge in [-0.05, 0) is 55.3 Å².